The predicted molar refractivity (Wildman–Crippen MR) is 70.0 cm³/mol. The highest BCUT2D eigenvalue weighted by atomic mass is 35.5. The average molecular weight is 281 g/mol. The lowest BCUT2D eigenvalue weighted by Gasteiger charge is -2.06. The summed E-state index contributed by atoms with van der Waals surface area (Å²) in [4.78, 5) is 12.4. The number of halogens is 1. The maximum absolute atomic E-state index is 5.92. The summed E-state index contributed by atoms with van der Waals surface area (Å²) in [6.45, 7) is 2.59. The largest absolute Gasteiger partial charge is 0.363 e. The van der Waals surface area contributed by atoms with Gasteiger partial charge in [-0.15, -0.1) is 11.3 Å². The second-order valence-corrected chi connectivity index (χ2v) is 5.00. The molecular formula is C10H9ClN6S. The minimum atomic E-state index is 0.383. The number of aryl methyl sites for hydroxylation is 1. The predicted octanol–water partition coefficient (Wildman–Crippen LogP) is 2.15. The van der Waals surface area contributed by atoms with Crippen LogP contribution in [0.25, 0.3) is 5.78 Å². The van der Waals surface area contributed by atoms with E-state index in [-0.39, 0.29) is 0 Å². The van der Waals surface area contributed by atoms with Crippen molar-refractivity contribution in [3.8, 4) is 0 Å². The number of rotatable bonds is 3. The van der Waals surface area contributed by atoms with Crippen molar-refractivity contribution in [2.24, 2.45) is 0 Å². The van der Waals surface area contributed by atoms with E-state index in [0.29, 0.717) is 17.5 Å². The molecule has 0 aromatic carbocycles. The first kappa shape index (κ1) is 11.4. The van der Waals surface area contributed by atoms with Gasteiger partial charge in [-0.05, 0) is 6.92 Å². The minimum Gasteiger partial charge on any atom is -0.363 e. The van der Waals surface area contributed by atoms with E-state index in [1.807, 2.05) is 12.3 Å². The van der Waals surface area contributed by atoms with Crippen LogP contribution in [0.4, 0.5) is 5.82 Å². The summed E-state index contributed by atoms with van der Waals surface area (Å²) in [7, 11) is 0. The van der Waals surface area contributed by atoms with E-state index in [1.54, 1.807) is 21.9 Å². The molecule has 0 atom stereocenters. The minimum absolute atomic E-state index is 0.383. The van der Waals surface area contributed by atoms with Gasteiger partial charge in [0.2, 0.25) is 0 Å². The van der Waals surface area contributed by atoms with Crippen LogP contribution in [-0.4, -0.2) is 24.6 Å². The average Bonchev–Trinajstić information content (AvgIpc) is 2.94. The molecule has 3 aromatic heterocycles. The molecule has 0 saturated carbocycles. The first-order chi connectivity index (χ1) is 8.72. The Labute approximate surface area is 112 Å². The fourth-order valence-corrected chi connectivity index (χ4v) is 2.45. The molecule has 0 amide bonds. The molecule has 0 spiro atoms. The highest BCUT2D eigenvalue weighted by Gasteiger charge is 2.07. The van der Waals surface area contributed by atoms with Crippen molar-refractivity contribution in [1.82, 2.24) is 24.6 Å². The summed E-state index contributed by atoms with van der Waals surface area (Å²) in [6.07, 6.45) is 1.44. The number of hydrogen-bond acceptors (Lipinski definition) is 6. The van der Waals surface area contributed by atoms with Gasteiger partial charge in [-0.2, -0.15) is 19.6 Å². The van der Waals surface area contributed by atoms with E-state index >= 15 is 0 Å². The van der Waals surface area contributed by atoms with Crippen LogP contribution in [0.3, 0.4) is 0 Å². The number of thiazole rings is 1. The van der Waals surface area contributed by atoms with Crippen molar-refractivity contribution in [1.29, 1.82) is 0 Å². The maximum atomic E-state index is 5.92. The second kappa shape index (κ2) is 4.51. The standard InChI is InChI=1S/C10H9ClN6S/c1-6-4-18-9(15-6)3-12-8-2-7(11)16-10-13-5-14-17(8)10/h2,4-5,12H,3H2,1H3. The van der Waals surface area contributed by atoms with Crippen LogP contribution in [0.15, 0.2) is 17.8 Å². The van der Waals surface area contributed by atoms with Gasteiger partial charge in [0.25, 0.3) is 5.78 Å². The molecular weight excluding hydrogens is 272 g/mol. The lowest BCUT2D eigenvalue weighted by molar-refractivity contribution is 0.921. The number of anilines is 1. The number of aromatic nitrogens is 5. The molecule has 0 aliphatic heterocycles. The molecule has 0 fully saturated rings. The van der Waals surface area contributed by atoms with Crippen LogP contribution in [0.2, 0.25) is 5.15 Å². The summed E-state index contributed by atoms with van der Waals surface area (Å²) in [5, 5.41) is 10.7. The normalized spacial score (nSPS) is 11.0. The van der Waals surface area contributed by atoms with Crippen molar-refractivity contribution < 1.29 is 0 Å². The maximum Gasteiger partial charge on any atom is 0.255 e. The monoisotopic (exact) mass is 280 g/mol. The van der Waals surface area contributed by atoms with Crippen molar-refractivity contribution in [2.45, 2.75) is 13.5 Å². The third-order valence-electron chi connectivity index (χ3n) is 2.31. The highest BCUT2D eigenvalue weighted by molar-refractivity contribution is 7.09. The number of nitrogens with zero attached hydrogens (tertiary/aromatic N) is 5. The molecule has 1 N–H and O–H groups in total. The number of hydrogen-bond donors (Lipinski definition) is 1. The number of fused-ring (bicyclic) bond motifs is 1. The van der Waals surface area contributed by atoms with Gasteiger partial charge in [0, 0.05) is 17.1 Å². The van der Waals surface area contributed by atoms with Crippen LogP contribution < -0.4 is 5.32 Å². The summed E-state index contributed by atoms with van der Waals surface area (Å²) < 4.78 is 1.60. The fraction of sp³-hybridized carbons (Fsp3) is 0.200. The molecule has 0 aliphatic carbocycles. The quantitative estimate of drug-likeness (QED) is 0.745. The van der Waals surface area contributed by atoms with E-state index in [9.17, 15) is 0 Å². The van der Waals surface area contributed by atoms with E-state index in [0.717, 1.165) is 16.5 Å². The zero-order chi connectivity index (χ0) is 12.5. The lowest BCUT2D eigenvalue weighted by Crippen LogP contribution is -2.06. The van der Waals surface area contributed by atoms with Crippen molar-refractivity contribution >= 4 is 34.5 Å². The van der Waals surface area contributed by atoms with E-state index in [4.69, 9.17) is 11.6 Å². The molecule has 0 saturated heterocycles. The molecule has 3 aromatic rings. The van der Waals surface area contributed by atoms with Gasteiger partial charge in [0.1, 0.15) is 22.3 Å². The van der Waals surface area contributed by atoms with Gasteiger partial charge in [-0.3, -0.25) is 0 Å². The third kappa shape index (κ3) is 2.14. The van der Waals surface area contributed by atoms with Gasteiger partial charge in [-0.25, -0.2) is 4.98 Å². The smallest absolute Gasteiger partial charge is 0.255 e. The van der Waals surface area contributed by atoms with Crippen molar-refractivity contribution in [2.75, 3.05) is 5.32 Å². The molecule has 0 radical (unpaired) electrons. The molecule has 3 rings (SSSR count). The zero-order valence-electron chi connectivity index (χ0n) is 9.46. The van der Waals surface area contributed by atoms with Gasteiger partial charge in [0.05, 0.1) is 6.54 Å². The highest BCUT2D eigenvalue weighted by Crippen LogP contribution is 2.16. The second-order valence-electron chi connectivity index (χ2n) is 3.67. The summed E-state index contributed by atoms with van der Waals surface area (Å²) >= 11 is 7.53. The van der Waals surface area contributed by atoms with E-state index in [1.165, 1.54) is 6.33 Å². The Kier molecular flexibility index (Phi) is 2.85. The van der Waals surface area contributed by atoms with Crippen molar-refractivity contribution in [3.63, 3.8) is 0 Å². The van der Waals surface area contributed by atoms with Gasteiger partial charge < -0.3 is 5.32 Å². The molecule has 3 heterocycles. The van der Waals surface area contributed by atoms with Gasteiger partial charge in [0.15, 0.2) is 0 Å². The SMILES string of the molecule is Cc1csc(CNc2cc(Cl)nc3ncnn23)n1. The fourth-order valence-electron chi connectivity index (χ4n) is 1.56. The van der Waals surface area contributed by atoms with Crippen LogP contribution in [0, 0.1) is 6.92 Å². The Balaban J connectivity index is 1.87. The van der Waals surface area contributed by atoms with Crippen LogP contribution in [0.5, 0.6) is 0 Å². The summed E-state index contributed by atoms with van der Waals surface area (Å²) in [6, 6.07) is 1.71. The Morgan fingerprint density at radius 1 is 1.44 bits per heavy atom. The summed E-state index contributed by atoms with van der Waals surface area (Å²) in [5.41, 5.74) is 1.02. The van der Waals surface area contributed by atoms with Crippen LogP contribution >= 0.6 is 22.9 Å². The first-order valence-corrected chi connectivity index (χ1v) is 6.49. The summed E-state index contributed by atoms with van der Waals surface area (Å²) in [5.74, 6) is 1.22. The molecule has 6 nitrogen and oxygen atoms in total. The Morgan fingerprint density at radius 3 is 3.11 bits per heavy atom. The molecule has 0 bridgehead atoms. The lowest BCUT2D eigenvalue weighted by atomic mass is 10.5. The number of nitrogens with one attached hydrogen (secondary N) is 1. The molecule has 8 heteroatoms. The molecule has 0 unspecified atom stereocenters. The first-order valence-electron chi connectivity index (χ1n) is 5.23. The zero-order valence-corrected chi connectivity index (χ0v) is 11.0. The van der Waals surface area contributed by atoms with Gasteiger partial charge in [-0.1, -0.05) is 11.6 Å². The third-order valence-corrected chi connectivity index (χ3v) is 3.47. The van der Waals surface area contributed by atoms with E-state index < -0.39 is 0 Å². The van der Waals surface area contributed by atoms with Crippen LogP contribution in [0.1, 0.15) is 10.7 Å². The Bertz CT molecular complexity index is 691. The van der Waals surface area contributed by atoms with Crippen molar-refractivity contribution in [3.05, 3.63) is 33.6 Å². The van der Waals surface area contributed by atoms with Gasteiger partial charge >= 0.3 is 0 Å². The van der Waals surface area contributed by atoms with Crippen LogP contribution in [-0.2, 0) is 6.54 Å². The molecule has 92 valence electrons. The molecule has 0 aliphatic rings. The van der Waals surface area contributed by atoms with E-state index in [2.05, 4.69) is 25.4 Å². The Morgan fingerprint density at radius 2 is 2.33 bits per heavy atom. The Hall–Kier alpha value is -1.73. The molecule has 18 heavy (non-hydrogen) atoms. The topological polar surface area (TPSA) is 68.0 Å².